The van der Waals surface area contributed by atoms with Crippen LogP contribution < -0.4 is 27.0 Å². The fraction of sp³-hybridized carbons (Fsp3) is 0.578. The predicted molar refractivity (Wildman–Crippen MR) is 235 cm³/mol. The number of unbranched alkanes of at least 4 members (excludes halogenated alkanes) is 1. The fourth-order valence-electron chi connectivity index (χ4n) is 7.80. The van der Waals surface area contributed by atoms with Gasteiger partial charge in [-0.3, -0.25) is 28.8 Å². The van der Waals surface area contributed by atoms with Gasteiger partial charge in [0.05, 0.1) is 0 Å². The number of amides is 7. The Labute approximate surface area is 364 Å². The first kappa shape index (κ1) is 48.5. The molecule has 0 radical (unpaired) electrons. The highest BCUT2D eigenvalue weighted by Gasteiger charge is 2.53. The van der Waals surface area contributed by atoms with Crippen LogP contribution in [-0.4, -0.2) is 119 Å². The summed E-state index contributed by atoms with van der Waals surface area (Å²) in [7, 11) is 0. The Kier molecular flexibility index (Phi) is 18.5. The summed E-state index contributed by atoms with van der Waals surface area (Å²) in [4.78, 5) is 97.7. The fourth-order valence-corrected chi connectivity index (χ4v) is 8.27. The number of nitrogens with two attached hydrogens (primary N) is 1. The number of hydrogen-bond acceptors (Lipinski definition) is 9. The SMILES string of the molecule is CSCC[C@H](NC(=O)[C@H](CC(C)C)N1C[C@H]2CCN(C(=O)[C@H](Cc3ccccc3)NC(=O)[C@H](Cc3ccccc3)NC(=O)CCCCNC(=O)OC(C)(C)C)[C@H]2C1=O)C(N)=O. The van der Waals surface area contributed by atoms with Crippen LogP contribution in [0.5, 0.6) is 0 Å². The molecule has 2 aromatic carbocycles. The summed E-state index contributed by atoms with van der Waals surface area (Å²) in [6, 6.07) is 13.8. The minimum Gasteiger partial charge on any atom is -0.444 e. The molecule has 4 rings (SSSR count). The monoisotopic (exact) mass is 863 g/mol. The Morgan fingerprint density at radius 2 is 1.46 bits per heavy atom. The summed E-state index contributed by atoms with van der Waals surface area (Å²) in [5.74, 6) is -2.37. The van der Waals surface area contributed by atoms with E-state index in [9.17, 15) is 33.6 Å². The molecule has 6 N–H and O–H groups in total. The number of carbonyl (C=O) groups is 7. The highest BCUT2D eigenvalue weighted by Crippen LogP contribution is 2.35. The largest absolute Gasteiger partial charge is 0.444 e. The summed E-state index contributed by atoms with van der Waals surface area (Å²) in [6.07, 6.45) is 3.96. The van der Waals surface area contributed by atoms with E-state index >= 15 is 0 Å². The highest BCUT2D eigenvalue weighted by atomic mass is 32.2. The van der Waals surface area contributed by atoms with Crippen molar-refractivity contribution in [2.75, 3.05) is 31.6 Å². The Morgan fingerprint density at radius 3 is 2.03 bits per heavy atom. The van der Waals surface area contributed by atoms with Crippen LogP contribution in [0.3, 0.4) is 0 Å². The number of ether oxygens (including phenoxy) is 1. The number of benzene rings is 2. The lowest BCUT2D eigenvalue weighted by atomic mass is 10.0. The molecule has 0 aromatic heterocycles. The molecule has 2 saturated heterocycles. The number of rotatable bonds is 22. The van der Waals surface area contributed by atoms with Gasteiger partial charge in [0.15, 0.2) is 0 Å². The van der Waals surface area contributed by atoms with Crippen molar-refractivity contribution in [2.24, 2.45) is 17.6 Å². The Hall–Kier alpha value is -5.12. The average molecular weight is 864 g/mol. The molecule has 0 unspecified atom stereocenters. The number of likely N-dealkylation sites (tertiary alicyclic amines) is 2. The third kappa shape index (κ3) is 15.1. The molecule has 61 heavy (non-hydrogen) atoms. The summed E-state index contributed by atoms with van der Waals surface area (Å²) in [6.45, 7) is 10.1. The lowest BCUT2D eigenvalue weighted by molar-refractivity contribution is -0.146. The zero-order valence-corrected chi connectivity index (χ0v) is 37.3. The molecule has 16 heteroatoms. The van der Waals surface area contributed by atoms with Crippen LogP contribution in [0.4, 0.5) is 4.79 Å². The molecular weight excluding hydrogens is 799 g/mol. The van der Waals surface area contributed by atoms with Crippen molar-refractivity contribution in [3.8, 4) is 0 Å². The van der Waals surface area contributed by atoms with E-state index in [1.165, 1.54) is 16.7 Å². The molecular formula is C45H65N7O8S. The summed E-state index contributed by atoms with van der Waals surface area (Å²) >= 11 is 1.53. The van der Waals surface area contributed by atoms with E-state index in [1.54, 1.807) is 25.7 Å². The summed E-state index contributed by atoms with van der Waals surface area (Å²) in [5.41, 5.74) is 6.60. The molecule has 7 amide bonds. The normalized spacial score (nSPS) is 18.1. The zero-order chi connectivity index (χ0) is 44.7. The number of primary amides is 1. The van der Waals surface area contributed by atoms with Crippen molar-refractivity contribution >= 4 is 53.3 Å². The molecule has 2 aliphatic rings. The summed E-state index contributed by atoms with van der Waals surface area (Å²) in [5, 5.41) is 11.3. The van der Waals surface area contributed by atoms with E-state index in [2.05, 4.69) is 21.3 Å². The average Bonchev–Trinajstić information content (AvgIpc) is 3.77. The number of alkyl carbamates (subject to hydrolysis) is 1. The minimum absolute atomic E-state index is 0.0379. The molecule has 2 heterocycles. The van der Waals surface area contributed by atoms with Gasteiger partial charge < -0.3 is 41.5 Å². The number of carbonyl (C=O) groups excluding carboxylic acids is 7. The second-order valence-electron chi connectivity index (χ2n) is 17.4. The molecule has 0 bridgehead atoms. The molecule has 0 saturated carbocycles. The van der Waals surface area contributed by atoms with Crippen LogP contribution in [0.15, 0.2) is 60.7 Å². The van der Waals surface area contributed by atoms with Crippen molar-refractivity contribution in [1.82, 2.24) is 31.1 Å². The quantitative estimate of drug-likeness (QED) is 0.110. The van der Waals surface area contributed by atoms with Gasteiger partial charge >= 0.3 is 6.09 Å². The first-order valence-corrected chi connectivity index (χ1v) is 22.7. The van der Waals surface area contributed by atoms with Crippen LogP contribution >= 0.6 is 11.8 Å². The lowest BCUT2D eigenvalue weighted by Crippen LogP contribution is -2.58. The Balaban J connectivity index is 1.51. The second kappa shape index (κ2) is 23.2. The minimum atomic E-state index is -1.08. The van der Waals surface area contributed by atoms with Crippen molar-refractivity contribution in [1.29, 1.82) is 0 Å². The number of nitrogens with zero attached hydrogens (tertiary/aromatic N) is 2. The van der Waals surface area contributed by atoms with E-state index in [0.717, 1.165) is 11.1 Å². The summed E-state index contributed by atoms with van der Waals surface area (Å²) < 4.78 is 5.26. The van der Waals surface area contributed by atoms with Gasteiger partial charge in [0.2, 0.25) is 35.4 Å². The van der Waals surface area contributed by atoms with Crippen molar-refractivity contribution in [3.05, 3.63) is 71.8 Å². The topological polar surface area (TPSA) is 209 Å². The number of hydrogen-bond donors (Lipinski definition) is 5. The van der Waals surface area contributed by atoms with E-state index in [-0.39, 0.29) is 49.5 Å². The Morgan fingerprint density at radius 1 is 0.852 bits per heavy atom. The van der Waals surface area contributed by atoms with Crippen LogP contribution in [0, 0.1) is 11.8 Å². The van der Waals surface area contributed by atoms with E-state index < -0.39 is 65.5 Å². The van der Waals surface area contributed by atoms with Crippen LogP contribution in [0.2, 0.25) is 0 Å². The van der Waals surface area contributed by atoms with Gasteiger partial charge in [-0.05, 0) is 81.9 Å². The van der Waals surface area contributed by atoms with Gasteiger partial charge in [0, 0.05) is 44.8 Å². The Bertz CT molecular complexity index is 1810. The first-order chi connectivity index (χ1) is 29.0. The number of fused-ring (bicyclic) bond motifs is 1. The van der Waals surface area contributed by atoms with Gasteiger partial charge in [-0.1, -0.05) is 74.5 Å². The van der Waals surface area contributed by atoms with Crippen molar-refractivity contribution in [2.45, 2.75) is 122 Å². The number of nitrogens with one attached hydrogen (secondary N) is 4. The van der Waals surface area contributed by atoms with Crippen molar-refractivity contribution < 1.29 is 38.3 Å². The smallest absolute Gasteiger partial charge is 0.407 e. The van der Waals surface area contributed by atoms with Gasteiger partial charge in [-0.25, -0.2) is 4.79 Å². The standard InChI is InChI=1S/C45H65N7O8S/c1-29(2)25-36(41(56)49-33(39(46)54)21-24-61-6)52-28-32-20-23-51(38(32)43(52)58)42(57)35(27-31-17-11-8-12-18-31)50-40(55)34(26-30-15-9-7-10-16-30)48-37(53)19-13-14-22-47-44(59)60-45(3,4)5/h7-12,15-18,29,32-36,38H,13-14,19-28H2,1-6H3,(H2,46,54)(H,47,59)(H,48,53)(H,49,56)(H,50,55)/t32-,33+,34+,35+,36+,38-/m1/s1. The maximum Gasteiger partial charge on any atom is 0.407 e. The van der Waals surface area contributed by atoms with Gasteiger partial charge in [-0.15, -0.1) is 0 Å². The zero-order valence-electron chi connectivity index (χ0n) is 36.4. The molecule has 2 aromatic rings. The highest BCUT2D eigenvalue weighted by molar-refractivity contribution is 7.98. The molecule has 0 aliphatic carbocycles. The third-order valence-electron chi connectivity index (χ3n) is 10.7. The maximum atomic E-state index is 14.7. The second-order valence-corrected chi connectivity index (χ2v) is 18.3. The first-order valence-electron chi connectivity index (χ1n) is 21.3. The number of thioether (sulfide) groups is 1. The van der Waals surface area contributed by atoms with Gasteiger partial charge in [-0.2, -0.15) is 11.8 Å². The maximum absolute atomic E-state index is 14.7. The van der Waals surface area contributed by atoms with Gasteiger partial charge in [0.25, 0.3) is 0 Å². The van der Waals surface area contributed by atoms with E-state index in [1.807, 2.05) is 80.8 Å². The van der Waals surface area contributed by atoms with Gasteiger partial charge in [0.1, 0.15) is 35.8 Å². The third-order valence-corrected chi connectivity index (χ3v) is 11.4. The van der Waals surface area contributed by atoms with Crippen LogP contribution in [0.1, 0.15) is 84.3 Å². The lowest BCUT2D eigenvalue weighted by Gasteiger charge is -2.32. The molecule has 6 atom stereocenters. The predicted octanol–water partition coefficient (Wildman–Crippen LogP) is 3.33. The molecule has 15 nitrogen and oxygen atoms in total. The van der Waals surface area contributed by atoms with Crippen molar-refractivity contribution in [3.63, 3.8) is 0 Å². The molecule has 2 fully saturated rings. The van der Waals surface area contributed by atoms with E-state index in [4.69, 9.17) is 10.5 Å². The molecule has 2 aliphatic heterocycles. The molecule has 334 valence electrons. The van der Waals surface area contributed by atoms with Crippen LogP contribution in [0.25, 0.3) is 0 Å². The molecule has 0 spiro atoms. The van der Waals surface area contributed by atoms with E-state index in [0.29, 0.717) is 50.9 Å². The van der Waals surface area contributed by atoms with Crippen LogP contribution in [-0.2, 0) is 46.3 Å².